The number of aromatic nitrogens is 2. The van der Waals surface area contributed by atoms with Gasteiger partial charge in [-0.25, -0.2) is 4.39 Å². The van der Waals surface area contributed by atoms with Gasteiger partial charge >= 0.3 is 0 Å². The van der Waals surface area contributed by atoms with Gasteiger partial charge in [-0.3, -0.25) is 14.7 Å². The van der Waals surface area contributed by atoms with Gasteiger partial charge in [-0.15, -0.1) is 0 Å². The summed E-state index contributed by atoms with van der Waals surface area (Å²) in [5.41, 5.74) is 1.29. The molecule has 1 fully saturated rings. The summed E-state index contributed by atoms with van der Waals surface area (Å²) in [6, 6.07) is 5.27. The van der Waals surface area contributed by atoms with Crippen LogP contribution in [0.5, 0.6) is 0 Å². The molecule has 1 atom stereocenters. The quantitative estimate of drug-likeness (QED) is 0.877. The van der Waals surface area contributed by atoms with Gasteiger partial charge in [0.15, 0.2) is 0 Å². The molecule has 2 amide bonds. The molecular weight excluding hydrogens is 347 g/mol. The van der Waals surface area contributed by atoms with E-state index in [0.717, 1.165) is 18.4 Å². The van der Waals surface area contributed by atoms with Crippen molar-refractivity contribution in [1.29, 1.82) is 0 Å². The average molecular weight is 372 g/mol. The number of carbonyl (C=O) groups is 2. The maximum atomic E-state index is 13.2. The molecule has 1 aromatic heterocycles. The van der Waals surface area contributed by atoms with Crippen LogP contribution in [0.3, 0.4) is 0 Å². The number of rotatable bonds is 5. The Labute approximate surface area is 158 Å². The van der Waals surface area contributed by atoms with Crippen LogP contribution in [-0.2, 0) is 4.79 Å². The zero-order chi connectivity index (χ0) is 19.4. The maximum Gasteiger partial charge on any atom is 0.254 e. The summed E-state index contributed by atoms with van der Waals surface area (Å²) in [5.74, 6) is -0.397. The molecule has 1 aliphatic rings. The van der Waals surface area contributed by atoms with Gasteiger partial charge in [0.25, 0.3) is 5.91 Å². The third-order valence-corrected chi connectivity index (χ3v) is 5.28. The topological polar surface area (TPSA) is 69.3 Å². The minimum absolute atomic E-state index is 0.00866. The van der Waals surface area contributed by atoms with Crippen molar-refractivity contribution < 1.29 is 14.0 Å². The molecule has 0 saturated carbocycles. The standard InChI is InChI=1S/C20H25FN4O2/c1-3-14(4-2)19(26)24-9-10-25(18(13-24)16-11-22-23-12-16)20(27)15-5-7-17(21)8-6-15/h5-8,11-12,14,18H,3-4,9-10,13H2,1-2H3,(H,22,23). The van der Waals surface area contributed by atoms with Crippen LogP contribution in [0, 0.1) is 11.7 Å². The molecule has 1 aromatic carbocycles. The highest BCUT2D eigenvalue weighted by Crippen LogP contribution is 2.28. The first-order valence-electron chi connectivity index (χ1n) is 9.39. The van der Waals surface area contributed by atoms with Crippen LogP contribution in [0.2, 0.25) is 0 Å². The summed E-state index contributed by atoms with van der Waals surface area (Å²) in [7, 11) is 0. The van der Waals surface area contributed by atoms with Crippen molar-refractivity contribution in [1.82, 2.24) is 20.0 Å². The second kappa shape index (κ2) is 8.33. The molecule has 0 bridgehead atoms. The van der Waals surface area contributed by atoms with Gasteiger partial charge < -0.3 is 9.80 Å². The van der Waals surface area contributed by atoms with Gasteiger partial charge in [-0.05, 0) is 37.1 Å². The minimum Gasteiger partial charge on any atom is -0.338 e. The third-order valence-electron chi connectivity index (χ3n) is 5.28. The number of benzene rings is 1. The Hall–Kier alpha value is -2.70. The van der Waals surface area contributed by atoms with Gasteiger partial charge in [0.2, 0.25) is 5.91 Å². The van der Waals surface area contributed by atoms with Crippen molar-refractivity contribution in [3.05, 3.63) is 53.6 Å². The molecule has 1 N–H and O–H groups in total. The summed E-state index contributed by atoms with van der Waals surface area (Å²) >= 11 is 0. The summed E-state index contributed by atoms with van der Waals surface area (Å²) in [4.78, 5) is 29.4. The first-order valence-corrected chi connectivity index (χ1v) is 9.39. The number of nitrogens with one attached hydrogen (secondary N) is 1. The van der Waals surface area contributed by atoms with Crippen LogP contribution < -0.4 is 0 Å². The lowest BCUT2D eigenvalue weighted by atomic mass is 9.98. The van der Waals surface area contributed by atoms with Crippen molar-refractivity contribution >= 4 is 11.8 Å². The van der Waals surface area contributed by atoms with Gasteiger partial charge in [-0.2, -0.15) is 5.10 Å². The molecule has 27 heavy (non-hydrogen) atoms. The Kier molecular flexibility index (Phi) is 5.88. The predicted octanol–water partition coefficient (Wildman–Crippen LogP) is 3.01. The molecule has 6 nitrogen and oxygen atoms in total. The fraction of sp³-hybridized carbons (Fsp3) is 0.450. The van der Waals surface area contributed by atoms with Crippen LogP contribution in [0.15, 0.2) is 36.7 Å². The van der Waals surface area contributed by atoms with Gasteiger partial charge in [-0.1, -0.05) is 13.8 Å². The smallest absolute Gasteiger partial charge is 0.254 e. The van der Waals surface area contributed by atoms with E-state index < -0.39 is 0 Å². The fourth-order valence-corrected chi connectivity index (χ4v) is 3.61. The largest absolute Gasteiger partial charge is 0.338 e. The first kappa shape index (κ1) is 19.1. The molecule has 144 valence electrons. The van der Waals surface area contributed by atoms with E-state index in [2.05, 4.69) is 10.2 Å². The second-order valence-electron chi connectivity index (χ2n) is 6.85. The number of nitrogens with zero attached hydrogens (tertiary/aromatic N) is 3. The molecule has 0 spiro atoms. The Morgan fingerprint density at radius 2 is 1.93 bits per heavy atom. The van der Waals surface area contributed by atoms with E-state index in [1.165, 1.54) is 24.3 Å². The Bertz CT molecular complexity index is 772. The summed E-state index contributed by atoms with van der Waals surface area (Å²) in [6.45, 7) is 5.40. The zero-order valence-electron chi connectivity index (χ0n) is 15.7. The molecule has 3 rings (SSSR count). The van der Waals surface area contributed by atoms with Crippen LogP contribution in [0.4, 0.5) is 4.39 Å². The van der Waals surface area contributed by atoms with Gasteiger partial charge in [0.1, 0.15) is 5.82 Å². The first-order chi connectivity index (χ1) is 13.0. The Morgan fingerprint density at radius 1 is 1.22 bits per heavy atom. The highest BCUT2D eigenvalue weighted by molar-refractivity contribution is 5.94. The number of hydrogen-bond donors (Lipinski definition) is 1. The molecule has 7 heteroatoms. The summed E-state index contributed by atoms with van der Waals surface area (Å²) in [5, 5.41) is 6.78. The number of piperazine rings is 1. The van der Waals surface area contributed by atoms with E-state index >= 15 is 0 Å². The molecule has 1 aliphatic heterocycles. The van der Waals surface area contributed by atoms with Crippen molar-refractivity contribution in [2.75, 3.05) is 19.6 Å². The average Bonchev–Trinajstić information content (AvgIpc) is 3.23. The molecule has 1 saturated heterocycles. The highest BCUT2D eigenvalue weighted by Gasteiger charge is 2.35. The fourth-order valence-electron chi connectivity index (χ4n) is 3.61. The van der Waals surface area contributed by atoms with Crippen molar-refractivity contribution in [3.8, 4) is 0 Å². The van der Waals surface area contributed by atoms with Crippen molar-refractivity contribution in [3.63, 3.8) is 0 Å². The molecular formula is C20H25FN4O2. The Balaban J connectivity index is 1.84. The molecule has 0 aliphatic carbocycles. The van der Waals surface area contributed by atoms with Crippen LogP contribution in [0.1, 0.15) is 48.7 Å². The summed E-state index contributed by atoms with van der Waals surface area (Å²) in [6.07, 6.45) is 5.04. The van der Waals surface area contributed by atoms with Crippen LogP contribution in [0.25, 0.3) is 0 Å². The predicted molar refractivity (Wildman–Crippen MR) is 99.4 cm³/mol. The van der Waals surface area contributed by atoms with E-state index in [1.807, 2.05) is 18.7 Å². The monoisotopic (exact) mass is 372 g/mol. The lowest BCUT2D eigenvalue weighted by Crippen LogP contribution is -2.53. The van der Waals surface area contributed by atoms with E-state index in [4.69, 9.17) is 0 Å². The second-order valence-corrected chi connectivity index (χ2v) is 6.85. The Morgan fingerprint density at radius 3 is 2.52 bits per heavy atom. The van der Waals surface area contributed by atoms with Crippen LogP contribution >= 0.6 is 0 Å². The van der Waals surface area contributed by atoms with Crippen molar-refractivity contribution in [2.24, 2.45) is 5.92 Å². The normalized spacial score (nSPS) is 17.4. The number of H-pyrrole nitrogens is 1. The maximum absolute atomic E-state index is 13.2. The van der Waals surface area contributed by atoms with E-state index in [9.17, 15) is 14.0 Å². The number of halogens is 1. The number of aromatic amines is 1. The van der Waals surface area contributed by atoms with Crippen LogP contribution in [-0.4, -0.2) is 51.4 Å². The van der Waals surface area contributed by atoms with E-state index in [1.54, 1.807) is 17.3 Å². The molecule has 2 aromatic rings. The molecule has 0 radical (unpaired) electrons. The van der Waals surface area contributed by atoms with Gasteiger partial charge in [0.05, 0.1) is 12.2 Å². The number of hydrogen-bond acceptors (Lipinski definition) is 3. The lowest BCUT2D eigenvalue weighted by Gasteiger charge is -2.42. The van der Waals surface area contributed by atoms with E-state index in [0.29, 0.717) is 25.2 Å². The molecule has 1 unspecified atom stereocenters. The summed E-state index contributed by atoms with van der Waals surface area (Å²) < 4.78 is 13.2. The highest BCUT2D eigenvalue weighted by atomic mass is 19.1. The molecule has 2 heterocycles. The third kappa shape index (κ3) is 4.02. The zero-order valence-corrected chi connectivity index (χ0v) is 15.7. The number of amides is 2. The minimum atomic E-state index is -0.376. The number of carbonyl (C=O) groups excluding carboxylic acids is 2. The van der Waals surface area contributed by atoms with E-state index in [-0.39, 0.29) is 29.6 Å². The SMILES string of the molecule is CCC(CC)C(=O)N1CCN(C(=O)c2ccc(F)cc2)C(c2cn[nH]c2)C1. The van der Waals surface area contributed by atoms with Crippen molar-refractivity contribution in [2.45, 2.75) is 32.7 Å². The van der Waals surface area contributed by atoms with Gasteiger partial charge in [0, 0.05) is 42.9 Å². The lowest BCUT2D eigenvalue weighted by molar-refractivity contribution is -0.138.